The number of β-amino-alcohol motifs (C(OH)–C–C–N with tert-alkyl or cyclic N) is 1. The lowest BCUT2D eigenvalue weighted by Crippen LogP contribution is -2.37. The van der Waals surface area contributed by atoms with Gasteiger partial charge in [-0.25, -0.2) is 0 Å². The summed E-state index contributed by atoms with van der Waals surface area (Å²) < 4.78 is 10.8. The van der Waals surface area contributed by atoms with Gasteiger partial charge >= 0.3 is 0 Å². The lowest BCUT2D eigenvalue weighted by molar-refractivity contribution is 0.0317. The number of rotatable bonds is 7. The molecule has 1 aliphatic rings. The van der Waals surface area contributed by atoms with Crippen LogP contribution in [0.15, 0.2) is 60.7 Å². The Bertz CT molecular complexity index is 962. The van der Waals surface area contributed by atoms with Crippen molar-refractivity contribution >= 4 is 22.4 Å². The van der Waals surface area contributed by atoms with Crippen molar-refractivity contribution in [3.63, 3.8) is 0 Å². The van der Waals surface area contributed by atoms with E-state index in [1.165, 1.54) is 0 Å². The van der Waals surface area contributed by atoms with Crippen LogP contribution in [0.4, 0.5) is 5.69 Å². The zero-order valence-electron chi connectivity index (χ0n) is 15.1. The predicted molar refractivity (Wildman–Crippen MR) is 104 cm³/mol. The fraction of sp³-hybridized carbons (Fsp3) is 0.227. The minimum Gasteiger partial charge on any atom is -0.497 e. The van der Waals surface area contributed by atoms with Gasteiger partial charge in [-0.05, 0) is 35.2 Å². The molecule has 0 saturated heterocycles. The Balaban J connectivity index is 1.38. The lowest BCUT2D eigenvalue weighted by Gasteiger charge is -2.21. The highest BCUT2D eigenvalue weighted by Gasteiger charge is 2.30. The van der Waals surface area contributed by atoms with E-state index in [0.29, 0.717) is 12.2 Å². The van der Waals surface area contributed by atoms with E-state index in [4.69, 9.17) is 9.47 Å². The van der Waals surface area contributed by atoms with Gasteiger partial charge in [0.1, 0.15) is 5.75 Å². The lowest BCUT2D eigenvalue weighted by atomic mass is 10.1. The normalized spacial score (nSPS) is 14.0. The summed E-state index contributed by atoms with van der Waals surface area (Å²) in [6, 6.07) is 19.1. The van der Waals surface area contributed by atoms with Gasteiger partial charge in [-0.15, -0.1) is 0 Å². The first-order valence-electron chi connectivity index (χ1n) is 8.89. The van der Waals surface area contributed by atoms with Crippen molar-refractivity contribution in [2.24, 2.45) is 0 Å². The number of hydrogen-bond acceptors (Lipinski definition) is 4. The second-order valence-corrected chi connectivity index (χ2v) is 6.61. The molecule has 138 valence electrons. The van der Waals surface area contributed by atoms with Crippen LogP contribution < -0.4 is 9.64 Å². The zero-order valence-corrected chi connectivity index (χ0v) is 15.1. The van der Waals surface area contributed by atoms with Gasteiger partial charge in [-0.2, -0.15) is 0 Å². The van der Waals surface area contributed by atoms with Crippen LogP contribution in [0.1, 0.15) is 15.9 Å². The quantitative estimate of drug-likeness (QED) is 0.699. The van der Waals surface area contributed by atoms with Crippen LogP contribution >= 0.6 is 0 Å². The van der Waals surface area contributed by atoms with Crippen molar-refractivity contribution in [3.8, 4) is 5.75 Å². The molecule has 5 heteroatoms. The molecule has 27 heavy (non-hydrogen) atoms. The van der Waals surface area contributed by atoms with Gasteiger partial charge in [0.25, 0.3) is 5.91 Å². The molecule has 0 saturated carbocycles. The van der Waals surface area contributed by atoms with E-state index in [1.807, 2.05) is 60.7 Å². The highest BCUT2D eigenvalue weighted by atomic mass is 16.5. The Morgan fingerprint density at radius 3 is 2.52 bits per heavy atom. The molecule has 3 aromatic carbocycles. The summed E-state index contributed by atoms with van der Waals surface area (Å²) in [6.07, 6.45) is -0.767. The molecule has 1 atom stereocenters. The largest absolute Gasteiger partial charge is 0.497 e. The Morgan fingerprint density at radius 1 is 1.04 bits per heavy atom. The number of carbonyl (C=O) groups is 1. The minimum atomic E-state index is -0.767. The molecule has 1 heterocycles. The summed E-state index contributed by atoms with van der Waals surface area (Å²) >= 11 is 0. The van der Waals surface area contributed by atoms with Crippen LogP contribution in [0.3, 0.4) is 0 Å². The molecule has 0 fully saturated rings. The van der Waals surface area contributed by atoms with E-state index in [0.717, 1.165) is 27.8 Å². The average molecular weight is 363 g/mol. The monoisotopic (exact) mass is 363 g/mol. The number of amides is 1. The summed E-state index contributed by atoms with van der Waals surface area (Å²) in [5, 5.41) is 12.4. The number of carbonyl (C=O) groups excluding carboxylic acids is 1. The third kappa shape index (κ3) is 3.39. The second kappa shape index (κ2) is 7.39. The van der Waals surface area contributed by atoms with Gasteiger partial charge in [0.15, 0.2) is 0 Å². The highest BCUT2D eigenvalue weighted by Crippen LogP contribution is 2.37. The zero-order chi connectivity index (χ0) is 18.8. The van der Waals surface area contributed by atoms with Crippen LogP contribution in [0, 0.1) is 0 Å². The molecule has 0 aliphatic carbocycles. The smallest absolute Gasteiger partial charge is 0.259 e. The van der Waals surface area contributed by atoms with E-state index < -0.39 is 6.10 Å². The number of aliphatic hydroxyl groups is 1. The van der Waals surface area contributed by atoms with Crippen LogP contribution in [-0.4, -0.2) is 37.4 Å². The average Bonchev–Trinajstić information content (AvgIpc) is 2.97. The Morgan fingerprint density at radius 2 is 1.78 bits per heavy atom. The van der Waals surface area contributed by atoms with Crippen molar-refractivity contribution in [1.82, 2.24) is 0 Å². The van der Waals surface area contributed by atoms with Crippen molar-refractivity contribution in [3.05, 3.63) is 71.8 Å². The molecule has 0 bridgehead atoms. The second-order valence-electron chi connectivity index (χ2n) is 6.61. The molecule has 5 nitrogen and oxygen atoms in total. The Labute approximate surface area is 157 Å². The van der Waals surface area contributed by atoms with Gasteiger partial charge in [-0.1, -0.05) is 36.4 Å². The maximum atomic E-state index is 12.7. The first-order chi connectivity index (χ1) is 13.2. The molecular formula is C22H21NO4. The summed E-state index contributed by atoms with van der Waals surface area (Å²) in [6.45, 7) is 0.752. The van der Waals surface area contributed by atoms with Crippen LogP contribution in [0.25, 0.3) is 10.8 Å². The topological polar surface area (TPSA) is 59.0 Å². The van der Waals surface area contributed by atoms with Crippen LogP contribution in [0.2, 0.25) is 0 Å². The SMILES string of the molecule is COc1ccc(COCC(O)CN2C(=O)c3cccc4cccc2c34)cc1. The molecule has 4 rings (SSSR count). The van der Waals surface area contributed by atoms with Crippen molar-refractivity contribution < 1.29 is 19.4 Å². The number of anilines is 1. The van der Waals surface area contributed by atoms with E-state index in [9.17, 15) is 9.90 Å². The fourth-order valence-corrected chi connectivity index (χ4v) is 3.46. The summed E-state index contributed by atoms with van der Waals surface area (Å²) in [7, 11) is 1.63. The molecule has 0 aromatic heterocycles. The van der Waals surface area contributed by atoms with E-state index in [2.05, 4.69) is 0 Å². The number of hydrogen-bond donors (Lipinski definition) is 1. The number of nitrogens with zero attached hydrogens (tertiary/aromatic N) is 1. The van der Waals surface area contributed by atoms with Gasteiger partial charge in [0.05, 0.1) is 38.7 Å². The number of benzene rings is 3. The molecule has 1 N–H and O–H groups in total. The van der Waals surface area contributed by atoms with Crippen LogP contribution in [-0.2, 0) is 11.3 Å². The molecule has 1 unspecified atom stereocenters. The van der Waals surface area contributed by atoms with Crippen LogP contribution in [0.5, 0.6) is 5.75 Å². The van der Waals surface area contributed by atoms with Crippen molar-refractivity contribution in [1.29, 1.82) is 0 Å². The molecule has 1 amide bonds. The number of aliphatic hydroxyl groups excluding tert-OH is 1. The predicted octanol–water partition coefficient (Wildman–Crippen LogP) is 3.39. The summed E-state index contributed by atoms with van der Waals surface area (Å²) in [5.74, 6) is 0.719. The van der Waals surface area contributed by atoms with Gasteiger partial charge in [0, 0.05) is 10.9 Å². The molecular weight excluding hydrogens is 342 g/mol. The number of methoxy groups -OCH3 is 1. The van der Waals surface area contributed by atoms with E-state index in [1.54, 1.807) is 12.0 Å². The Hall–Kier alpha value is -2.89. The van der Waals surface area contributed by atoms with Gasteiger partial charge in [0.2, 0.25) is 0 Å². The maximum Gasteiger partial charge on any atom is 0.259 e. The standard InChI is InChI=1S/C22H21NO4/c1-26-18-10-8-15(9-11-18)13-27-14-17(24)12-23-20-7-3-5-16-4-2-6-19(21(16)20)22(23)25/h2-11,17,24H,12-14H2,1H3. The van der Waals surface area contributed by atoms with Gasteiger partial charge in [-0.3, -0.25) is 4.79 Å². The highest BCUT2D eigenvalue weighted by molar-refractivity contribution is 6.25. The third-order valence-corrected chi connectivity index (χ3v) is 4.78. The Kier molecular flexibility index (Phi) is 4.79. The summed E-state index contributed by atoms with van der Waals surface area (Å²) in [4.78, 5) is 14.4. The number of ether oxygens (including phenoxy) is 2. The minimum absolute atomic E-state index is 0.0731. The molecule has 0 spiro atoms. The first kappa shape index (κ1) is 17.5. The first-order valence-corrected chi connectivity index (χ1v) is 8.89. The molecule has 1 aliphatic heterocycles. The molecule has 0 radical (unpaired) electrons. The van der Waals surface area contributed by atoms with Crippen molar-refractivity contribution in [2.75, 3.05) is 25.2 Å². The van der Waals surface area contributed by atoms with Crippen molar-refractivity contribution in [2.45, 2.75) is 12.7 Å². The fourth-order valence-electron chi connectivity index (χ4n) is 3.46. The molecule has 3 aromatic rings. The summed E-state index contributed by atoms with van der Waals surface area (Å²) in [5.41, 5.74) is 2.54. The third-order valence-electron chi connectivity index (χ3n) is 4.78. The maximum absolute atomic E-state index is 12.7. The van der Waals surface area contributed by atoms with E-state index >= 15 is 0 Å². The van der Waals surface area contributed by atoms with Gasteiger partial charge < -0.3 is 19.5 Å². The van der Waals surface area contributed by atoms with E-state index in [-0.39, 0.29) is 19.1 Å².